The Balaban J connectivity index is 1.62. The van der Waals surface area contributed by atoms with Crippen molar-refractivity contribution in [3.8, 4) is 11.5 Å². The number of epoxide rings is 2. The van der Waals surface area contributed by atoms with Gasteiger partial charge in [-0.2, -0.15) is 0 Å². The fourth-order valence-electron chi connectivity index (χ4n) is 4.24. The van der Waals surface area contributed by atoms with Crippen molar-refractivity contribution in [3.63, 3.8) is 0 Å². The molecule has 4 heteroatoms. The molecule has 2 unspecified atom stereocenters. The molecule has 2 heterocycles. The van der Waals surface area contributed by atoms with Gasteiger partial charge in [0.15, 0.2) is 0 Å². The third kappa shape index (κ3) is 4.15. The maximum Gasteiger partial charge on any atom is 0.125 e. The maximum absolute atomic E-state index is 6.14. The van der Waals surface area contributed by atoms with E-state index in [0.29, 0.717) is 13.2 Å². The van der Waals surface area contributed by atoms with Gasteiger partial charge in [-0.05, 0) is 73.2 Å². The van der Waals surface area contributed by atoms with Crippen LogP contribution in [0.3, 0.4) is 0 Å². The molecule has 0 N–H and O–H groups in total. The van der Waals surface area contributed by atoms with Gasteiger partial charge >= 0.3 is 0 Å². The van der Waals surface area contributed by atoms with E-state index in [2.05, 4.69) is 65.8 Å². The van der Waals surface area contributed by atoms with Gasteiger partial charge in [0.2, 0.25) is 0 Å². The second-order valence-electron chi connectivity index (χ2n) is 8.89. The van der Waals surface area contributed by atoms with Crippen LogP contribution in [0.15, 0.2) is 24.3 Å². The zero-order chi connectivity index (χ0) is 20.8. The number of hydrogen-bond acceptors (Lipinski definition) is 4. The fourth-order valence-corrected chi connectivity index (χ4v) is 4.24. The summed E-state index contributed by atoms with van der Waals surface area (Å²) in [6.45, 7) is 16.3. The van der Waals surface area contributed by atoms with E-state index in [4.69, 9.17) is 18.9 Å². The molecule has 0 aliphatic carbocycles. The summed E-state index contributed by atoms with van der Waals surface area (Å²) in [5, 5.41) is 0. The molecule has 0 aromatic heterocycles. The summed E-state index contributed by atoms with van der Waals surface area (Å²) in [6.07, 6.45) is 0.535. The average molecular weight is 397 g/mol. The Morgan fingerprint density at radius 3 is 1.76 bits per heavy atom. The summed E-state index contributed by atoms with van der Waals surface area (Å²) >= 11 is 0. The van der Waals surface area contributed by atoms with Gasteiger partial charge in [0.1, 0.15) is 36.9 Å². The molecule has 4 nitrogen and oxygen atoms in total. The van der Waals surface area contributed by atoms with Crippen LogP contribution in [-0.4, -0.2) is 38.6 Å². The standard InChI is InChI=1S/C25H32O4/c1-15-17(3)24(29-14-22-13-28-22)18(4)16(2)23(15)25(5,6)19-7-9-20(10-8-19)26-11-21-12-27-21/h7-10,21-22H,11-14H2,1-6H3. The van der Waals surface area contributed by atoms with Gasteiger partial charge in [0.25, 0.3) is 0 Å². The third-order valence-electron chi connectivity index (χ3n) is 6.41. The molecule has 2 fully saturated rings. The van der Waals surface area contributed by atoms with Crippen molar-refractivity contribution >= 4 is 0 Å². The summed E-state index contributed by atoms with van der Waals surface area (Å²) in [6, 6.07) is 8.50. The zero-order valence-corrected chi connectivity index (χ0v) is 18.4. The largest absolute Gasteiger partial charge is 0.491 e. The molecular weight excluding hydrogens is 364 g/mol. The molecule has 2 atom stereocenters. The van der Waals surface area contributed by atoms with Crippen LogP contribution in [0.1, 0.15) is 47.2 Å². The highest BCUT2D eigenvalue weighted by atomic mass is 16.6. The van der Waals surface area contributed by atoms with E-state index >= 15 is 0 Å². The first-order valence-electron chi connectivity index (χ1n) is 10.5. The van der Waals surface area contributed by atoms with Crippen LogP contribution in [0.4, 0.5) is 0 Å². The van der Waals surface area contributed by atoms with Gasteiger partial charge in [0, 0.05) is 5.41 Å². The number of ether oxygens (including phenoxy) is 4. The van der Waals surface area contributed by atoms with Gasteiger partial charge in [-0.15, -0.1) is 0 Å². The highest BCUT2D eigenvalue weighted by Gasteiger charge is 2.31. The van der Waals surface area contributed by atoms with Gasteiger partial charge in [-0.1, -0.05) is 26.0 Å². The Labute approximate surface area is 174 Å². The van der Waals surface area contributed by atoms with Crippen molar-refractivity contribution in [3.05, 3.63) is 57.6 Å². The molecule has 0 bridgehead atoms. The summed E-state index contributed by atoms with van der Waals surface area (Å²) < 4.78 is 22.5. The van der Waals surface area contributed by atoms with E-state index in [1.54, 1.807) is 0 Å². The monoisotopic (exact) mass is 396 g/mol. The van der Waals surface area contributed by atoms with Crippen LogP contribution in [0.5, 0.6) is 11.5 Å². The lowest BCUT2D eigenvalue weighted by molar-refractivity contribution is 0.260. The second-order valence-corrected chi connectivity index (χ2v) is 8.89. The van der Waals surface area contributed by atoms with Gasteiger partial charge in [0.05, 0.1) is 13.2 Å². The molecule has 0 spiro atoms. The normalized spacial score (nSPS) is 20.5. The molecule has 2 saturated heterocycles. The first kappa shape index (κ1) is 20.2. The predicted molar refractivity (Wildman–Crippen MR) is 114 cm³/mol. The van der Waals surface area contributed by atoms with Crippen molar-refractivity contribution in [2.45, 2.75) is 59.2 Å². The summed E-state index contributed by atoms with van der Waals surface area (Å²) in [5.74, 6) is 1.91. The minimum atomic E-state index is -0.125. The van der Waals surface area contributed by atoms with E-state index in [1.807, 2.05) is 0 Å². The average Bonchev–Trinajstić information content (AvgIpc) is 3.60. The molecule has 0 radical (unpaired) electrons. The van der Waals surface area contributed by atoms with Crippen LogP contribution in [0, 0.1) is 27.7 Å². The van der Waals surface area contributed by atoms with E-state index in [9.17, 15) is 0 Å². The van der Waals surface area contributed by atoms with E-state index < -0.39 is 0 Å². The summed E-state index contributed by atoms with van der Waals surface area (Å²) in [4.78, 5) is 0. The minimum absolute atomic E-state index is 0.125. The highest BCUT2D eigenvalue weighted by Crippen LogP contribution is 2.42. The molecule has 2 aromatic rings. The van der Waals surface area contributed by atoms with E-state index in [-0.39, 0.29) is 17.6 Å². The van der Waals surface area contributed by atoms with Crippen LogP contribution >= 0.6 is 0 Å². The number of hydrogen-bond donors (Lipinski definition) is 0. The van der Waals surface area contributed by atoms with Crippen molar-refractivity contribution in [1.82, 2.24) is 0 Å². The fraction of sp³-hybridized carbons (Fsp3) is 0.520. The molecule has 156 valence electrons. The molecule has 0 saturated carbocycles. The molecule has 29 heavy (non-hydrogen) atoms. The Hall–Kier alpha value is -2.04. The topological polar surface area (TPSA) is 43.5 Å². The first-order valence-corrected chi connectivity index (χ1v) is 10.5. The minimum Gasteiger partial charge on any atom is -0.491 e. The quantitative estimate of drug-likeness (QED) is 0.601. The lowest BCUT2D eigenvalue weighted by Gasteiger charge is -2.32. The number of benzene rings is 2. The number of rotatable bonds is 8. The zero-order valence-electron chi connectivity index (χ0n) is 18.4. The summed E-state index contributed by atoms with van der Waals surface area (Å²) in [5.41, 5.74) is 7.58. The first-order chi connectivity index (χ1) is 13.8. The van der Waals surface area contributed by atoms with E-state index in [1.165, 1.54) is 33.4 Å². The molecular formula is C25H32O4. The Bertz CT molecular complexity index is 861. The van der Waals surface area contributed by atoms with Gasteiger partial charge < -0.3 is 18.9 Å². The van der Waals surface area contributed by atoms with E-state index in [0.717, 1.165) is 24.7 Å². The highest BCUT2D eigenvalue weighted by molar-refractivity contribution is 5.58. The molecule has 2 aromatic carbocycles. The van der Waals surface area contributed by atoms with Crippen LogP contribution in [0.2, 0.25) is 0 Å². The van der Waals surface area contributed by atoms with Crippen molar-refractivity contribution in [2.24, 2.45) is 0 Å². The lowest BCUT2D eigenvalue weighted by atomic mass is 9.72. The third-order valence-corrected chi connectivity index (χ3v) is 6.41. The van der Waals surface area contributed by atoms with Gasteiger partial charge in [-0.3, -0.25) is 0 Å². The molecule has 2 aliphatic rings. The van der Waals surface area contributed by atoms with Crippen LogP contribution in [-0.2, 0) is 14.9 Å². The van der Waals surface area contributed by atoms with Crippen LogP contribution < -0.4 is 9.47 Å². The van der Waals surface area contributed by atoms with Crippen molar-refractivity contribution in [2.75, 3.05) is 26.4 Å². The predicted octanol–water partition coefficient (Wildman–Crippen LogP) is 4.80. The Morgan fingerprint density at radius 2 is 1.28 bits per heavy atom. The molecule has 2 aliphatic heterocycles. The van der Waals surface area contributed by atoms with Crippen molar-refractivity contribution in [1.29, 1.82) is 0 Å². The SMILES string of the molecule is Cc1c(C)c(C(C)(C)c2ccc(OCC3CO3)cc2)c(C)c(C)c1OCC1CO1. The maximum atomic E-state index is 6.14. The smallest absolute Gasteiger partial charge is 0.125 e. The molecule has 0 amide bonds. The summed E-state index contributed by atoms with van der Waals surface area (Å²) in [7, 11) is 0. The Kier molecular flexibility index (Phi) is 5.34. The van der Waals surface area contributed by atoms with Gasteiger partial charge in [-0.25, -0.2) is 0 Å². The van der Waals surface area contributed by atoms with Crippen molar-refractivity contribution < 1.29 is 18.9 Å². The Morgan fingerprint density at radius 1 is 0.793 bits per heavy atom. The molecule has 4 rings (SSSR count). The lowest BCUT2D eigenvalue weighted by Crippen LogP contribution is -2.23. The van der Waals surface area contributed by atoms with Crippen LogP contribution in [0.25, 0.3) is 0 Å². The second kappa shape index (κ2) is 7.66.